The van der Waals surface area contributed by atoms with E-state index in [2.05, 4.69) is 126 Å². The van der Waals surface area contributed by atoms with Crippen LogP contribution in [0, 0.1) is 0 Å². The molecule has 0 spiro atoms. The zero-order valence-electron chi connectivity index (χ0n) is 17.0. The van der Waals surface area contributed by atoms with Crippen molar-refractivity contribution in [3.63, 3.8) is 0 Å². The highest BCUT2D eigenvalue weighted by Crippen LogP contribution is 2.35. The van der Waals surface area contributed by atoms with E-state index in [1.165, 1.54) is 55.2 Å². The van der Waals surface area contributed by atoms with Crippen molar-refractivity contribution in [2.75, 3.05) is 0 Å². The Morgan fingerprint density at radius 2 is 0.935 bits per heavy atom. The van der Waals surface area contributed by atoms with E-state index < -0.39 is 0 Å². The minimum absolute atomic E-state index is 1.18. The maximum atomic E-state index is 3.63. The SMILES string of the molecule is c1ccc(-c2cccc(-c3cccc(-c4cccc5c4[nH]c4ccccc45)c3)c2)cc1. The molecule has 1 heterocycles. The lowest BCUT2D eigenvalue weighted by Crippen LogP contribution is -1.84. The molecule has 0 radical (unpaired) electrons. The molecule has 5 aromatic carbocycles. The second-order valence-corrected chi connectivity index (χ2v) is 7.93. The predicted molar refractivity (Wildman–Crippen MR) is 132 cm³/mol. The quantitative estimate of drug-likeness (QED) is 0.310. The zero-order valence-corrected chi connectivity index (χ0v) is 17.0. The Bertz CT molecular complexity index is 1520. The molecule has 31 heavy (non-hydrogen) atoms. The smallest absolute Gasteiger partial charge is 0.0544 e. The summed E-state index contributed by atoms with van der Waals surface area (Å²) in [6.45, 7) is 0. The first kappa shape index (κ1) is 17.7. The van der Waals surface area contributed by atoms with E-state index in [1.54, 1.807) is 0 Å². The van der Waals surface area contributed by atoms with Gasteiger partial charge in [-0.3, -0.25) is 0 Å². The summed E-state index contributed by atoms with van der Waals surface area (Å²) in [5.74, 6) is 0. The summed E-state index contributed by atoms with van der Waals surface area (Å²) in [6, 6.07) is 43.2. The van der Waals surface area contributed by atoms with E-state index in [-0.39, 0.29) is 0 Å². The van der Waals surface area contributed by atoms with Gasteiger partial charge in [-0.1, -0.05) is 103 Å². The summed E-state index contributed by atoms with van der Waals surface area (Å²) in [5.41, 5.74) is 9.75. The molecule has 0 aliphatic rings. The van der Waals surface area contributed by atoms with E-state index in [4.69, 9.17) is 0 Å². The summed E-state index contributed by atoms with van der Waals surface area (Å²) >= 11 is 0. The lowest BCUT2D eigenvalue weighted by atomic mass is 9.95. The molecule has 1 heteroatoms. The van der Waals surface area contributed by atoms with E-state index in [0.29, 0.717) is 0 Å². The maximum Gasteiger partial charge on any atom is 0.0544 e. The molecule has 0 aliphatic carbocycles. The standard InChI is InChI=1S/C30H21N/c1-2-9-21(10-3-1)22-11-6-12-23(19-22)24-13-7-14-25(20-24)26-16-8-17-28-27-15-4-5-18-29(27)31-30(26)28/h1-20,31H. The van der Waals surface area contributed by atoms with Crippen molar-refractivity contribution < 1.29 is 0 Å². The summed E-state index contributed by atoms with van der Waals surface area (Å²) in [5, 5.41) is 2.54. The molecular formula is C30H21N. The Balaban J connectivity index is 1.48. The molecule has 146 valence electrons. The fourth-order valence-corrected chi connectivity index (χ4v) is 4.49. The van der Waals surface area contributed by atoms with E-state index in [0.717, 1.165) is 0 Å². The normalized spacial score (nSPS) is 11.2. The first-order valence-corrected chi connectivity index (χ1v) is 10.6. The van der Waals surface area contributed by atoms with Gasteiger partial charge >= 0.3 is 0 Å². The average molecular weight is 396 g/mol. The van der Waals surface area contributed by atoms with Gasteiger partial charge in [-0.05, 0) is 46.0 Å². The van der Waals surface area contributed by atoms with Crippen molar-refractivity contribution >= 4 is 21.8 Å². The highest BCUT2D eigenvalue weighted by atomic mass is 14.7. The Morgan fingerprint density at radius 1 is 0.387 bits per heavy atom. The van der Waals surface area contributed by atoms with Crippen LogP contribution in [0.25, 0.3) is 55.2 Å². The number of hydrogen-bond donors (Lipinski definition) is 1. The topological polar surface area (TPSA) is 15.8 Å². The van der Waals surface area contributed by atoms with Crippen LogP contribution in [0.1, 0.15) is 0 Å². The summed E-state index contributed by atoms with van der Waals surface area (Å²) in [4.78, 5) is 3.63. The fourth-order valence-electron chi connectivity index (χ4n) is 4.49. The van der Waals surface area contributed by atoms with Crippen molar-refractivity contribution in [2.45, 2.75) is 0 Å². The molecule has 0 atom stereocenters. The number of H-pyrrole nitrogens is 1. The number of hydrogen-bond acceptors (Lipinski definition) is 0. The number of fused-ring (bicyclic) bond motifs is 3. The summed E-state index contributed by atoms with van der Waals surface area (Å²) < 4.78 is 0. The average Bonchev–Trinajstić information content (AvgIpc) is 3.24. The Morgan fingerprint density at radius 3 is 1.74 bits per heavy atom. The molecule has 0 saturated carbocycles. The van der Waals surface area contributed by atoms with Gasteiger partial charge in [-0.2, -0.15) is 0 Å². The first-order valence-electron chi connectivity index (χ1n) is 10.6. The molecule has 0 unspecified atom stereocenters. The monoisotopic (exact) mass is 395 g/mol. The Hall–Kier alpha value is -4.10. The van der Waals surface area contributed by atoms with Crippen LogP contribution in [-0.4, -0.2) is 4.98 Å². The van der Waals surface area contributed by atoms with Crippen LogP contribution in [0.5, 0.6) is 0 Å². The van der Waals surface area contributed by atoms with Gasteiger partial charge in [0.1, 0.15) is 0 Å². The molecule has 0 bridgehead atoms. The summed E-state index contributed by atoms with van der Waals surface area (Å²) in [6.07, 6.45) is 0. The van der Waals surface area contributed by atoms with E-state index in [1.807, 2.05) is 0 Å². The third kappa shape index (κ3) is 3.12. The van der Waals surface area contributed by atoms with Gasteiger partial charge in [0.2, 0.25) is 0 Å². The lowest BCUT2D eigenvalue weighted by molar-refractivity contribution is 1.53. The molecule has 0 saturated heterocycles. The highest BCUT2D eigenvalue weighted by Gasteiger charge is 2.10. The predicted octanol–water partition coefficient (Wildman–Crippen LogP) is 8.32. The van der Waals surface area contributed by atoms with E-state index >= 15 is 0 Å². The van der Waals surface area contributed by atoms with Crippen molar-refractivity contribution in [3.05, 3.63) is 121 Å². The molecule has 0 amide bonds. The van der Waals surface area contributed by atoms with Gasteiger partial charge in [0, 0.05) is 21.9 Å². The second-order valence-electron chi connectivity index (χ2n) is 7.93. The Kier molecular flexibility index (Phi) is 4.18. The number of rotatable bonds is 3. The van der Waals surface area contributed by atoms with Crippen molar-refractivity contribution in [2.24, 2.45) is 0 Å². The van der Waals surface area contributed by atoms with Crippen LogP contribution in [-0.2, 0) is 0 Å². The number of aromatic amines is 1. The van der Waals surface area contributed by atoms with Crippen LogP contribution in [0.15, 0.2) is 121 Å². The molecule has 1 nitrogen and oxygen atoms in total. The number of benzene rings is 5. The van der Waals surface area contributed by atoms with Crippen molar-refractivity contribution in [1.82, 2.24) is 4.98 Å². The summed E-state index contributed by atoms with van der Waals surface area (Å²) in [7, 11) is 0. The van der Waals surface area contributed by atoms with Gasteiger partial charge in [-0.15, -0.1) is 0 Å². The maximum absolute atomic E-state index is 3.63. The molecule has 0 aliphatic heterocycles. The van der Waals surface area contributed by atoms with Gasteiger partial charge in [-0.25, -0.2) is 0 Å². The third-order valence-electron chi connectivity index (χ3n) is 6.02. The van der Waals surface area contributed by atoms with Crippen LogP contribution >= 0.6 is 0 Å². The number of aromatic nitrogens is 1. The van der Waals surface area contributed by atoms with Gasteiger partial charge in [0.05, 0.1) is 5.52 Å². The fraction of sp³-hybridized carbons (Fsp3) is 0. The molecular weight excluding hydrogens is 374 g/mol. The van der Waals surface area contributed by atoms with Crippen LogP contribution in [0.3, 0.4) is 0 Å². The largest absolute Gasteiger partial charge is 0.354 e. The minimum Gasteiger partial charge on any atom is -0.354 e. The minimum atomic E-state index is 1.18. The highest BCUT2D eigenvalue weighted by molar-refractivity contribution is 6.11. The zero-order chi connectivity index (χ0) is 20.6. The van der Waals surface area contributed by atoms with Gasteiger partial charge in [0.15, 0.2) is 0 Å². The van der Waals surface area contributed by atoms with Crippen molar-refractivity contribution in [3.8, 4) is 33.4 Å². The third-order valence-corrected chi connectivity index (χ3v) is 6.02. The lowest BCUT2D eigenvalue weighted by Gasteiger charge is -2.09. The number of nitrogens with one attached hydrogen (secondary N) is 1. The molecule has 6 rings (SSSR count). The van der Waals surface area contributed by atoms with Crippen LogP contribution in [0.4, 0.5) is 0 Å². The second kappa shape index (κ2) is 7.30. The van der Waals surface area contributed by atoms with Crippen LogP contribution in [0.2, 0.25) is 0 Å². The molecule has 1 N–H and O–H groups in total. The van der Waals surface area contributed by atoms with Crippen LogP contribution < -0.4 is 0 Å². The molecule has 0 fully saturated rings. The molecule has 6 aromatic rings. The van der Waals surface area contributed by atoms with E-state index in [9.17, 15) is 0 Å². The first-order chi connectivity index (χ1) is 15.4. The Labute approximate surface area is 181 Å². The molecule has 1 aromatic heterocycles. The van der Waals surface area contributed by atoms with Gasteiger partial charge < -0.3 is 4.98 Å². The number of para-hydroxylation sites is 2. The van der Waals surface area contributed by atoms with Gasteiger partial charge in [0.25, 0.3) is 0 Å². The van der Waals surface area contributed by atoms with Crippen molar-refractivity contribution in [1.29, 1.82) is 0 Å².